The van der Waals surface area contributed by atoms with Crippen molar-refractivity contribution in [2.75, 3.05) is 6.61 Å². The van der Waals surface area contributed by atoms with Gasteiger partial charge in [-0.15, -0.1) is 0 Å². The van der Waals surface area contributed by atoms with E-state index in [1.807, 2.05) is 33.0 Å². The molecule has 2 unspecified atom stereocenters. The zero-order chi connectivity index (χ0) is 21.4. The van der Waals surface area contributed by atoms with E-state index in [2.05, 4.69) is 40.6 Å². The second kappa shape index (κ2) is 10.7. The van der Waals surface area contributed by atoms with Crippen LogP contribution in [0.2, 0.25) is 0 Å². The Kier molecular flexibility index (Phi) is 8.27. The van der Waals surface area contributed by atoms with Gasteiger partial charge < -0.3 is 19.4 Å². The van der Waals surface area contributed by atoms with Crippen molar-refractivity contribution >= 4 is 22.1 Å². The molecule has 7 heteroatoms. The Hall–Kier alpha value is -2.80. The topological polar surface area (TPSA) is 84.9 Å². The minimum Gasteiger partial charge on any atom is -0.493 e. The smallest absolute Gasteiger partial charge is 0.326 e. The molecule has 1 saturated heterocycles. The maximum absolute atomic E-state index is 11.4. The summed E-state index contributed by atoms with van der Waals surface area (Å²) >= 11 is 0. The van der Waals surface area contributed by atoms with Crippen LogP contribution >= 0.6 is 0 Å². The van der Waals surface area contributed by atoms with Crippen LogP contribution in [0, 0.1) is 0 Å². The first kappa shape index (κ1) is 22.5. The van der Waals surface area contributed by atoms with Crippen molar-refractivity contribution in [3.8, 4) is 0 Å². The number of allylic oxidation sites excluding steroid dienone is 1. The third-order valence-electron chi connectivity index (χ3n) is 4.45. The minimum absolute atomic E-state index is 0.0477. The second-order valence-electron chi connectivity index (χ2n) is 6.58. The molecule has 0 saturated carbocycles. The van der Waals surface area contributed by atoms with Crippen molar-refractivity contribution < 1.29 is 9.47 Å². The molecular weight excluding hydrogens is 368 g/mol. The summed E-state index contributed by atoms with van der Waals surface area (Å²) in [6.45, 7) is 12.6. The summed E-state index contributed by atoms with van der Waals surface area (Å²) in [6.07, 6.45) is 9.90. The van der Waals surface area contributed by atoms with E-state index in [-0.39, 0.29) is 17.9 Å². The molecule has 4 heterocycles. The lowest BCUT2D eigenvalue weighted by atomic mass is 10.2. The van der Waals surface area contributed by atoms with Gasteiger partial charge in [0.25, 0.3) is 0 Å². The molecule has 0 amide bonds. The monoisotopic (exact) mass is 400 g/mol. The average Bonchev–Trinajstić information content (AvgIpc) is 3.31. The van der Waals surface area contributed by atoms with Crippen LogP contribution in [0.1, 0.15) is 40.5 Å². The first-order chi connectivity index (χ1) is 14.0. The predicted octanol–water partition coefficient (Wildman–Crippen LogP) is 4.43. The number of nitrogens with zero attached hydrogens (tertiary/aromatic N) is 2. The quantitative estimate of drug-likeness (QED) is 0.637. The first-order valence-electron chi connectivity index (χ1n) is 10.1. The third kappa shape index (κ3) is 5.38. The summed E-state index contributed by atoms with van der Waals surface area (Å²) in [7, 11) is 1.74. The summed E-state index contributed by atoms with van der Waals surface area (Å²) in [5, 5.41) is 0.961. The Morgan fingerprint density at radius 2 is 2.14 bits per heavy atom. The molecule has 2 N–H and O–H groups in total. The molecule has 0 aromatic carbocycles. The van der Waals surface area contributed by atoms with E-state index in [1.165, 1.54) is 0 Å². The minimum atomic E-state index is -0.115. The van der Waals surface area contributed by atoms with E-state index < -0.39 is 0 Å². The Bertz CT molecular complexity index is 1010. The zero-order valence-corrected chi connectivity index (χ0v) is 18.0. The Balaban J connectivity index is 0.000000192. The standard InChI is InChI=1S/C11H18O2.C9H8N4O.C2H6/c1-4-5-6-7-11-10(3)12-8-9(2)13-11;1-13-7-5-2-3-10-8(5)11-4-6(7)12-9(13)14;1-2/h5-6,9,11H,3-4,7-8H2,1-2H3;2-4H,1H3,(H,10,11)(H,12,14);1-2H3/b6-5-;;. The summed E-state index contributed by atoms with van der Waals surface area (Å²) in [4.78, 5) is 21.3. The zero-order valence-electron chi connectivity index (χ0n) is 18.0. The number of aromatic amines is 2. The van der Waals surface area contributed by atoms with E-state index >= 15 is 0 Å². The molecule has 29 heavy (non-hydrogen) atoms. The van der Waals surface area contributed by atoms with Crippen LogP contribution in [-0.2, 0) is 16.5 Å². The van der Waals surface area contributed by atoms with Crippen LogP contribution in [0.4, 0.5) is 0 Å². The van der Waals surface area contributed by atoms with Gasteiger partial charge in [0.05, 0.1) is 23.3 Å². The van der Waals surface area contributed by atoms with Gasteiger partial charge in [0.15, 0.2) is 0 Å². The predicted molar refractivity (Wildman–Crippen MR) is 118 cm³/mol. The highest BCUT2D eigenvalue weighted by Gasteiger charge is 2.22. The molecule has 7 nitrogen and oxygen atoms in total. The summed E-state index contributed by atoms with van der Waals surface area (Å²) in [6, 6.07) is 1.91. The molecule has 158 valence electrons. The summed E-state index contributed by atoms with van der Waals surface area (Å²) < 4.78 is 12.6. The Morgan fingerprint density at radius 1 is 1.38 bits per heavy atom. The highest BCUT2D eigenvalue weighted by molar-refractivity contribution is 6.00. The molecule has 0 bridgehead atoms. The molecule has 0 spiro atoms. The van der Waals surface area contributed by atoms with Gasteiger partial charge in [-0.1, -0.05) is 39.5 Å². The van der Waals surface area contributed by atoms with Crippen molar-refractivity contribution in [2.45, 2.75) is 52.7 Å². The molecule has 0 radical (unpaired) electrons. The van der Waals surface area contributed by atoms with E-state index in [9.17, 15) is 4.79 Å². The number of imidazole rings is 1. The number of fused-ring (bicyclic) bond motifs is 3. The van der Waals surface area contributed by atoms with Crippen LogP contribution in [0.15, 0.2) is 47.7 Å². The number of aromatic nitrogens is 4. The number of nitrogens with one attached hydrogen (secondary N) is 2. The number of H-pyrrole nitrogens is 2. The van der Waals surface area contributed by atoms with E-state index in [0.717, 1.165) is 40.7 Å². The fourth-order valence-electron chi connectivity index (χ4n) is 3.03. The number of pyridine rings is 1. The number of aryl methyl sites for hydroxylation is 1. The lowest BCUT2D eigenvalue weighted by Gasteiger charge is -2.29. The fourth-order valence-corrected chi connectivity index (χ4v) is 3.03. The molecule has 1 aliphatic rings. The molecule has 1 aliphatic heterocycles. The number of hydrogen-bond acceptors (Lipinski definition) is 4. The van der Waals surface area contributed by atoms with Gasteiger partial charge in [-0.3, -0.25) is 4.57 Å². The molecule has 4 rings (SSSR count). The van der Waals surface area contributed by atoms with Crippen molar-refractivity contribution in [2.24, 2.45) is 7.05 Å². The maximum atomic E-state index is 11.4. The van der Waals surface area contributed by atoms with Gasteiger partial charge in [0.1, 0.15) is 24.1 Å². The molecule has 2 atom stereocenters. The molecular formula is C22H32N4O3. The third-order valence-corrected chi connectivity index (χ3v) is 4.45. The Labute approximate surface area is 171 Å². The SMILES string of the molecule is C=C1OCC(C)OC1C/C=C\CC.CC.Cn1c(=O)[nH]c2cnc3[nH]ccc3c21. The molecule has 1 fully saturated rings. The lowest BCUT2D eigenvalue weighted by Crippen LogP contribution is -2.32. The number of rotatable bonds is 3. The molecule has 3 aromatic rings. The second-order valence-corrected chi connectivity index (χ2v) is 6.58. The molecule has 3 aromatic heterocycles. The van der Waals surface area contributed by atoms with E-state index in [0.29, 0.717) is 6.61 Å². The van der Waals surface area contributed by atoms with Crippen LogP contribution in [0.3, 0.4) is 0 Å². The molecule has 0 aliphatic carbocycles. The fraction of sp³-hybridized carbons (Fsp3) is 0.455. The lowest BCUT2D eigenvalue weighted by molar-refractivity contribution is -0.0880. The van der Waals surface area contributed by atoms with Crippen LogP contribution < -0.4 is 5.69 Å². The van der Waals surface area contributed by atoms with Crippen molar-refractivity contribution in [3.05, 3.63) is 53.4 Å². The number of hydrogen-bond donors (Lipinski definition) is 2. The largest absolute Gasteiger partial charge is 0.493 e. The highest BCUT2D eigenvalue weighted by Crippen LogP contribution is 2.20. The Morgan fingerprint density at radius 3 is 2.86 bits per heavy atom. The van der Waals surface area contributed by atoms with Crippen molar-refractivity contribution in [1.82, 2.24) is 19.5 Å². The number of ether oxygens (including phenoxy) is 2. The summed E-state index contributed by atoms with van der Waals surface area (Å²) in [5.41, 5.74) is 2.34. The highest BCUT2D eigenvalue weighted by atomic mass is 16.6. The van der Waals surface area contributed by atoms with Crippen LogP contribution in [-0.4, -0.2) is 38.3 Å². The summed E-state index contributed by atoms with van der Waals surface area (Å²) in [5.74, 6) is 0.763. The van der Waals surface area contributed by atoms with Crippen LogP contribution in [0.5, 0.6) is 0 Å². The average molecular weight is 401 g/mol. The van der Waals surface area contributed by atoms with Gasteiger partial charge >= 0.3 is 5.69 Å². The van der Waals surface area contributed by atoms with Crippen molar-refractivity contribution in [1.29, 1.82) is 0 Å². The first-order valence-corrected chi connectivity index (χ1v) is 10.1. The normalized spacial score (nSPS) is 18.9. The van der Waals surface area contributed by atoms with Gasteiger partial charge in [-0.25, -0.2) is 9.78 Å². The maximum Gasteiger partial charge on any atom is 0.326 e. The van der Waals surface area contributed by atoms with Crippen LogP contribution in [0.25, 0.3) is 22.1 Å². The van der Waals surface area contributed by atoms with Gasteiger partial charge in [-0.05, 0) is 25.8 Å². The van der Waals surface area contributed by atoms with Crippen molar-refractivity contribution in [3.63, 3.8) is 0 Å². The van der Waals surface area contributed by atoms with Gasteiger partial charge in [-0.2, -0.15) is 0 Å². The van der Waals surface area contributed by atoms with E-state index in [4.69, 9.17) is 9.47 Å². The van der Waals surface area contributed by atoms with Gasteiger partial charge in [0.2, 0.25) is 0 Å². The van der Waals surface area contributed by atoms with E-state index in [1.54, 1.807) is 17.8 Å². The van der Waals surface area contributed by atoms with Gasteiger partial charge in [0, 0.05) is 18.6 Å².